The van der Waals surface area contributed by atoms with E-state index in [1.165, 1.54) is 12.1 Å². The highest BCUT2D eigenvalue weighted by Crippen LogP contribution is 2.22. The zero-order valence-corrected chi connectivity index (χ0v) is 16.6. The predicted molar refractivity (Wildman–Crippen MR) is 109 cm³/mol. The largest absolute Gasteiger partial charge is 0.423 e. The summed E-state index contributed by atoms with van der Waals surface area (Å²) in [5.74, 6) is -0.725. The van der Waals surface area contributed by atoms with Gasteiger partial charge in [-0.1, -0.05) is 19.1 Å². The van der Waals surface area contributed by atoms with Crippen molar-refractivity contribution < 1.29 is 18.7 Å². The molecule has 1 heterocycles. The zero-order valence-electron chi connectivity index (χ0n) is 14.5. The van der Waals surface area contributed by atoms with Gasteiger partial charge in [0, 0.05) is 21.6 Å². The van der Waals surface area contributed by atoms with E-state index in [2.05, 4.69) is 27.9 Å². The number of hydrogen-bond acceptors (Lipinski definition) is 5. The second-order valence-corrected chi connectivity index (χ2v) is 6.93. The summed E-state index contributed by atoms with van der Waals surface area (Å²) in [5, 5.41) is 3.21. The highest BCUT2D eigenvalue weighted by Gasteiger charge is 2.15. The molecule has 6 nitrogen and oxygen atoms in total. The molecular weight excluding hydrogens is 461 g/mol. The minimum absolute atomic E-state index is 0.0560. The van der Waals surface area contributed by atoms with Crippen molar-refractivity contribution >= 4 is 45.4 Å². The van der Waals surface area contributed by atoms with Crippen LogP contribution < -0.4 is 15.7 Å². The molecule has 0 bridgehead atoms. The van der Waals surface area contributed by atoms with Gasteiger partial charge in [-0.15, -0.1) is 0 Å². The molecular formula is C20H16INO5. The molecule has 27 heavy (non-hydrogen) atoms. The first-order chi connectivity index (χ1) is 13.0. The van der Waals surface area contributed by atoms with Crippen molar-refractivity contribution in [3.8, 4) is 5.75 Å². The van der Waals surface area contributed by atoms with Crippen LogP contribution in [0.25, 0.3) is 11.0 Å². The van der Waals surface area contributed by atoms with Crippen LogP contribution >= 0.6 is 22.6 Å². The van der Waals surface area contributed by atoms with Crippen LogP contribution in [-0.2, 0) is 0 Å². The van der Waals surface area contributed by atoms with E-state index in [0.717, 1.165) is 9.99 Å². The SMILES string of the molecule is CCCNC(=O)c1cc2ccc(OC(=O)c3ccccc3I)cc2oc1=O. The van der Waals surface area contributed by atoms with E-state index >= 15 is 0 Å². The Kier molecular flexibility index (Phi) is 5.90. The average Bonchev–Trinajstić information content (AvgIpc) is 2.65. The maximum Gasteiger partial charge on any atom is 0.349 e. The molecule has 3 aromatic rings. The van der Waals surface area contributed by atoms with Crippen LogP contribution in [0, 0.1) is 3.57 Å². The fourth-order valence-electron chi connectivity index (χ4n) is 2.44. The first kappa shape index (κ1) is 19.1. The van der Waals surface area contributed by atoms with Gasteiger partial charge in [-0.25, -0.2) is 9.59 Å². The number of amides is 1. The third kappa shape index (κ3) is 4.36. The summed E-state index contributed by atoms with van der Waals surface area (Å²) in [6.07, 6.45) is 0.764. The van der Waals surface area contributed by atoms with Gasteiger partial charge in [-0.05, 0) is 59.3 Å². The van der Waals surface area contributed by atoms with Gasteiger partial charge in [0.05, 0.1) is 5.56 Å². The molecule has 138 valence electrons. The van der Waals surface area contributed by atoms with Crippen LogP contribution in [0.2, 0.25) is 0 Å². The Labute approximate surface area is 168 Å². The van der Waals surface area contributed by atoms with Crippen LogP contribution in [0.1, 0.15) is 34.1 Å². The predicted octanol–water partition coefficient (Wildman–Crippen LogP) is 3.76. The van der Waals surface area contributed by atoms with Gasteiger partial charge in [0.25, 0.3) is 5.91 Å². The van der Waals surface area contributed by atoms with Gasteiger partial charge in [0.1, 0.15) is 16.9 Å². The maximum absolute atomic E-state index is 12.3. The van der Waals surface area contributed by atoms with Gasteiger partial charge in [-0.2, -0.15) is 0 Å². The standard InChI is InChI=1S/C20H16INO5/c1-2-9-22-18(23)15-10-12-7-8-13(11-17(12)27-20(15)25)26-19(24)14-5-3-4-6-16(14)21/h3-8,10-11H,2,9H2,1H3,(H,22,23). The molecule has 7 heteroatoms. The minimum Gasteiger partial charge on any atom is -0.423 e. The number of hydrogen-bond donors (Lipinski definition) is 1. The molecule has 3 rings (SSSR count). The highest BCUT2D eigenvalue weighted by atomic mass is 127. The molecule has 0 aliphatic carbocycles. The van der Waals surface area contributed by atoms with E-state index in [1.807, 2.05) is 19.1 Å². The lowest BCUT2D eigenvalue weighted by Gasteiger charge is -2.07. The Hall–Kier alpha value is -2.68. The lowest BCUT2D eigenvalue weighted by Crippen LogP contribution is -2.28. The van der Waals surface area contributed by atoms with Crippen molar-refractivity contribution in [1.82, 2.24) is 5.32 Å². The van der Waals surface area contributed by atoms with Crippen molar-refractivity contribution in [2.75, 3.05) is 6.54 Å². The lowest BCUT2D eigenvalue weighted by atomic mass is 10.1. The van der Waals surface area contributed by atoms with Crippen LogP contribution in [-0.4, -0.2) is 18.4 Å². The molecule has 0 unspecified atom stereocenters. The average molecular weight is 477 g/mol. The summed E-state index contributed by atoms with van der Waals surface area (Å²) in [7, 11) is 0. The van der Waals surface area contributed by atoms with Gasteiger partial charge in [-0.3, -0.25) is 4.79 Å². The van der Waals surface area contributed by atoms with E-state index in [9.17, 15) is 14.4 Å². The monoisotopic (exact) mass is 477 g/mol. The molecule has 0 fully saturated rings. The first-order valence-electron chi connectivity index (χ1n) is 8.32. The number of esters is 1. The van der Waals surface area contributed by atoms with Gasteiger partial charge in [0.15, 0.2) is 0 Å². The fraction of sp³-hybridized carbons (Fsp3) is 0.150. The highest BCUT2D eigenvalue weighted by molar-refractivity contribution is 14.1. The third-order valence-electron chi connectivity index (χ3n) is 3.79. The molecule has 0 radical (unpaired) electrons. The van der Waals surface area contributed by atoms with Crippen molar-refractivity contribution in [3.05, 3.63) is 73.6 Å². The summed E-state index contributed by atoms with van der Waals surface area (Å²) >= 11 is 2.06. The Morgan fingerprint density at radius 1 is 1.11 bits per heavy atom. The second-order valence-electron chi connectivity index (χ2n) is 5.77. The summed E-state index contributed by atoms with van der Waals surface area (Å²) in [4.78, 5) is 36.4. The molecule has 0 saturated carbocycles. The number of nitrogens with one attached hydrogen (secondary N) is 1. The first-order valence-corrected chi connectivity index (χ1v) is 9.40. The summed E-state index contributed by atoms with van der Waals surface area (Å²) in [6.45, 7) is 2.39. The maximum atomic E-state index is 12.3. The Morgan fingerprint density at radius 2 is 1.89 bits per heavy atom. The van der Waals surface area contributed by atoms with Crippen LogP contribution in [0.5, 0.6) is 5.75 Å². The minimum atomic E-state index is -0.739. The Balaban J connectivity index is 1.88. The molecule has 0 spiro atoms. The summed E-state index contributed by atoms with van der Waals surface area (Å²) < 4.78 is 11.4. The number of ether oxygens (including phenoxy) is 1. The van der Waals surface area contributed by atoms with Crippen molar-refractivity contribution in [1.29, 1.82) is 0 Å². The molecule has 1 N–H and O–H groups in total. The number of halogens is 1. The van der Waals surface area contributed by atoms with Gasteiger partial charge >= 0.3 is 11.6 Å². The normalized spacial score (nSPS) is 10.6. The Morgan fingerprint density at radius 3 is 2.63 bits per heavy atom. The number of rotatable bonds is 5. The van der Waals surface area contributed by atoms with Gasteiger partial charge < -0.3 is 14.5 Å². The van der Waals surface area contributed by atoms with Crippen molar-refractivity contribution in [2.24, 2.45) is 0 Å². The number of benzene rings is 2. The van der Waals surface area contributed by atoms with Crippen molar-refractivity contribution in [3.63, 3.8) is 0 Å². The van der Waals surface area contributed by atoms with Crippen LogP contribution in [0.3, 0.4) is 0 Å². The van der Waals surface area contributed by atoms with Gasteiger partial charge in [0.2, 0.25) is 0 Å². The number of fused-ring (bicyclic) bond motifs is 1. The quantitative estimate of drug-likeness (QED) is 0.262. The van der Waals surface area contributed by atoms with E-state index in [1.54, 1.807) is 24.3 Å². The zero-order chi connectivity index (χ0) is 19.4. The molecule has 0 aliphatic heterocycles. The molecule has 1 aromatic heterocycles. The Bertz CT molecular complexity index is 1070. The number of carbonyl (C=O) groups is 2. The van der Waals surface area contributed by atoms with Crippen LogP contribution in [0.4, 0.5) is 0 Å². The second kappa shape index (κ2) is 8.34. The van der Waals surface area contributed by atoms with Crippen LogP contribution in [0.15, 0.2) is 57.7 Å². The summed E-state index contributed by atoms with van der Waals surface area (Å²) in [6, 6.07) is 13.2. The van der Waals surface area contributed by atoms with E-state index in [4.69, 9.17) is 9.15 Å². The van der Waals surface area contributed by atoms with E-state index in [0.29, 0.717) is 17.5 Å². The smallest absolute Gasteiger partial charge is 0.349 e. The van der Waals surface area contributed by atoms with E-state index in [-0.39, 0.29) is 16.9 Å². The summed E-state index contributed by atoms with van der Waals surface area (Å²) in [5.41, 5.74) is -0.112. The molecule has 0 atom stereocenters. The number of carbonyl (C=O) groups excluding carboxylic acids is 2. The van der Waals surface area contributed by atoms with E-state index < -0.39 is 17.5 Å². The molecule has 2 aromatic carbocycles. The fourth-order valence-corrected chi connectivity index (χ4v) is 3.04. The molecule has 0 saturated heterocycles. The third-order valence-corrected chi connectivity index (χ3v) is 4.73. The van der Waals surface area contributed by atoms with Crippen molar-refractivity contribution in [2.45, 2.75) is 13.3 Å². The lowest BCUT2D eigenvalue weighted by molar-refractivity contribution is 0.0733. The molecule has 1 amide bonds. The molecule has 0 aliphatic rings. The topological polar surface area (TPSA) is 85.6 Å².